The molecule has 21 heavy (non-hydrogen) atoms. The van der Waals surface area contributed by atoms with Gasteiger partial charge < -0.3 is 14.8 Å². The molecule has 0 unspecified atom stereocenters. The molecule has 118 valence electrons. The van der Waals surface area contributed by atoms with Gasteiger partial charge in [0.25, 0.3) is 0 Å². The van der Waals surface area contributed by atoms with E-state index in [4.69, 9.17) is 9.47 Å². The third-order valence-electron chi connectivity index (χ3n) is 2.40. The van der Waals surface area contributed by atoms with Crippen molar-refractivity contribution in [2.24, 2.45) is 0 Å². The molecule has 1 rings (SSSR count). The fourth-order valence-corrected chi connectivity index (χ4v) is 2.15. The van der Waals surface area contributed by atoms with Crippen molar-refractivity contribution in [2.75, 3.05) is 13.2 Å². The molecular weight excluding hydrogens is 388 g/mol. The second-order valence-corrected chi connectivity index (χ2v) is 6.70. The average Bonchev–Trinajstić information content (AvgIpc) is 2.34. The number of carbonyl (C=O) groups excluding carboxylic acids is 1. The highest BCUT2D eigenvalue weighted by atomic mass is 127. The molecule has 0 fully saturated rings. The van der Waals surface area contributed by atoms with E-state index in [0.717, 1.165) is 16.4 Å². The first-order valence-corrected chi connectivity index (χ1v) is 7.91. The van der Waals surface area contributed by atoms with Crippen LogP contribution in [-0.2, 0) is 4.74 Å². The van der Waals surface area contributed by atoms with Crippen molar-refractivity contribution < 1.29 is 18.7 Å². The summed E-state index contributed by atoms with van der Waals surface area (Å²) in [6.07, 6.45) is 1.04. The highest BCUT2D eigenvalue weighted by Crippen LogP contribution is 2.24. The van der Waals surface area contributed by atoms with E-state index >= 15 is 0 Å². The van der Waals surface area contributed by atoms with Gasteiger partial charge in [0.05, 0.1) is 10.2 Å². The first-order valence-electron chi connectivity index (χ1n) is 6.83. The van der Waals surface area contributed by atoms with Gasteiger partial charge in [-0.05, 0) is 68.3 Å². The Morgan fingerprint density at radius 2 is 2.05 bits per heavy atom. The van der Waals surface area contributed by atoms with E-state index in [9.17, 15) is 9.18 Å². The van der Waals surface area contributed by atoms with Crippen LogP contribution in [0, 0.1) is 9.39 Å². The minimum absolute atomic E-state index is 0.290. The summed E-state index contributed by atoms with van der Waals surface area (Å²) in [5.41, 5.74) is -0.491. The molecule has 1 aromatic carbocycles. The summed E-state index contributed by atoms with van der Waals surface area (Å²) in [5, 5.41) is 2.67. The smallest absolute Gasteiger partial charge is 0.407 e. The lowest BCUT2D eigenvalue weighted by Crippen LogP contribution is -2.33. The van der Waals surface area contributed by atoms with Gasteiger partial charge in [-0.15, -0.1) is 0 Å². The monoisotopic (exact) mass is 409 g/mol. The molecule has 0 aliphatic carbocycles. The minimum atomic E-state index is -0.491. The fraction of sp³-hybridized carbons (Fsp3) is 0.533. The number of ether oxygens (including phenoxy) is 2. The number of rotatable bonds is 6. The number of hydrogen-bond donors (Lipinski definition) is 1. The number of alkyl carbamates (subject to hydrolysis) is 1. The van der Waals surface area contributed by atoms with Crippen molar-refractivity contribution in [2.45, 2.75) is 39.2 Å². The predicted molar refractivity (Wildman–Crippen MR) is 88.1 cm³/mol. The number of carbonyl (C=O) groups is 1. The van der Waals surface area contributed by atoms with Crippen molar-refractivity contribution in [3.05, 3.63) is 27.6 Å². The largest absolute Gasteiger partial charge is 0.489 e. The third kappa shape index (κ3) is 7.50. The minimum Gasteiger partial charge on any atom is -0.489 e. The molecule has 1 aromatic rings. The molecule has 0 spiro atoms. The molecule has 0 saturated heterocycles. The first kappa shape index (κ1) is 18.0. The number of amides is 1. The molecular formula is C15H21FINO3. The Morgan fingerprint density at radius 1 is 1.33 bits per heavy atom. The Balaban J connectivity index is 2.17. The standard InChI is InChI=1S/C15H21FINO3/c1-15(2,3)21-14(19)18-9-4-5-10-20-13-11(16)7-6-8-12(13)17/h6-8H,4-5,9-10H2,1-3H3,(H,18,19). The molecule has 1 amide bonds. The lowest BCUT2D eigenvalue weighted by atomic mass is 10.2. The maximum atomic E-state index is 13.5. The molecule has 0 atom stereocenters. The SMILES string of the molecule is CC(C)(C)OC(=O)NCCCCOc1c(F)cccc1I. The number of unbranched alkanes of at least 4 members (excludes halogenated alkanes) is 1. The summed E-state index contributed by atoms with van der Waals surface area (Å²) < 4.78 is 24.8. The Hall–Kier alpha value is -1.05. The lowest BCUT2D eigenvalue weighted by Gasteiger charge is -2.19. The van der Waals surface area contributed by atoms with Gasteiger partial charge >= 0.3 is 6.09 Å². The topological polar surface area (TPSA) is 47.6 Å². The van der Waals surface area contributed by atoms with Gasteiger partial charge in [-0.3, -0.25) is 0 Å². The van der Waals surface area contributed by atoms with E-state index in [0.29, 0.717) is 18.9 Å². The van der Waals surface area contributed by atoms with E-state index in [1.807, 2.05) is 43.4 Å². The zero-order valence-electron chi connectivity index (χ0n) is 12.5. The predicted octanol–water partition coefficient (Wildman–Crippen LogP) is 4.11. The normalized spacial score (nSPS) is 11.1. The highest BCUT2D eigenvalue weighted by molar-refractivity contribution is 14.1. The van der Waals surface area contributed by atoms with Crippen LogP contribution < -0.4 is 10.1 Å². The number of para-hydroxylation sites is 1. The van der Waals surface area contributed by atoms with E-state index in [2.05, 4.69) is 5.32 Å². The fourth-order valence-electron chi connectivity index (χ4n) is 1.53. The number of benzene rings is 1. The maximum absolute atomic E-state index is 13.5. The Morgan fingerprint density at radius 3 is 2.67 bits per heavy atom. The summed E-state index contributed by atoms with van der Waals surface area (Å²) >= 11 is 2.04. The second-order valence-electron chi connectivity index (χ2n) is 5.54. The molecule has 4 nitrogen and oxygen atoms in total. The van der Waals surface area contributed by atoms with Crippen molar-refractivity contribution >= 4 is 28.7 Å². The van der Waals surface area contributed by atoms with Crippen LogP contribution >= 0.6 is 22.6 Å². The van der Waals surface area contributed by atoms with Crippen LogP contribution in [-0.4, -0.2) is 24.8 Å². The van der Waals surface area contributed by atoms with Crippen LogP contribution in [0.15, 0.2) is 18.2 Å². The summed E-state index contributed by atoms with van der Waals surface area (Å²) in [5.74, 6) is -0.0630. The molecule has 0 heterocycles. The Labute approximate surface area is 138 Å². The summed E-state index contributed by atoms with van der Waals surface area (Å²) in [6.45, 7) is 6.36. The maximum Gasteiger partial charge on any atom is 0.407 e. The number of hydrogen-bond acceptors (Lipinski definition) is 3. The molecule has 0 aliphatic rings. The van der Waals surface area contributed by atoms with Gasteiger partial charge in [-0.2, -0.15) is 0 Å². The Bertz CT molecular complexity index is 454. The van der Waals surface area contributed by atoms with Crippen molar-refractivity contribution in [3.8, 4) is 5.75 Å². The lowest BCUT2D eigenvalue weighted by molar-refractivity contribution is 0.0526. The van der Waals surface area contributed by atoms with E-state index in [-0.39, 0.29) is 5.82 Å². The summed E-state index contributed by atoms with van der Waals surface area (Å²) in [7, 11) is 0. The first-order chi connectivity index (χ1) is 9.79. The quantitative estimate of drug-likeness (QED) is 0.568. The second kappa shape index (κ2) is 8.41. The van der Waals surface area contributed by atoms with Crippen molar-refractivity contribution in [1.29, 1.82) is 0 Å². The van der Waals surface area contributed by atoms with Crippen LogP contribution in [0.4, 0.5) is 9.18 Å². The molecule has 1 N–H and O–H groups in total. The van der Waals surface area contributed by atoms with Crippen LogP contribution in [0.5, 0.6) is 5.75 Å². The zero-order chi connectivity index (χ0) is 15.9. The van der Waals surface area contributed by atoms with E-state index in [1.165, 1.54) is 6.07 Å². The number of nitrogens with one attached hydrogen (secondary N) is 1. The zero-order valence-corrected chi connectivity index (χ0v) is 14.7. The molecule has 0 radical (unpaired) electrons. The molecule has 0 aliphatic heterocycles. The number of halogens is 2. The molecule has 6 heteroatoms. The Kier molecular flexibility index (Phi) is 7.21. The van der Waals surface area contributed by atoms with Crippen molar-refractivity contribution in [3.63, 3.8) is 0 Å². The van der Waals surface area contributed by atoms with Crippen LogP contribution in [0.3, 0.4) is 0 Å². The summed E-state index contributed by atoms with van der Waals surface area (Å²) in [4.78, 5) is 11.4. The van der Waals surface area contributed by atoms with Gasteiger partial charge in [0.15, 0.2) is 11.6 Å². The van der Waals surface area contributed by atoms with Gasteiger partial charge in [-0.25, -0.2) is 9.18 Å². The van der Waals surface area contributed by atoms with Gasteiger partial charge in [0.1, 0.15) is 5.60 Å². The van der Waals surface area contributed by atoms with E-state index < -0.39 is 11.7 Å². The third-order valence-corrected chi connectivity index (χ3v) is 3.25. The molecule has 0 aromatic heterocycles. The van der Waals surface area contributed by atoms with Crippen LogP contribution in [0.25, 0.3) is 0 Å². The van der Waals surface area contributed by atoms with Gasteiger partial charge in [0, 0.05) is 6.54 Å². The summed E-state index contributed by atoms with van der Waals surface area (Å²) in [6, 6.07) is 4.82. The molecule has 0 bridgehead atoms. The highest BCUT2D eigenvalue weighted by Gasteiger charge is 2.15. The average molecular weight is 409 g/mol. The van der Waals surface area contributed by atoms with Crippen LogP contribution in [0.1, 0.15) is 33.6 Å². The van der Waals surface area contributed by atoms with Crippen molar-refractivity contribution in [1.82, 2.24) is 5.32 Å². The van der Waals surface area contributed by atoms with E-state index in [1.54, 1.807) is 12.1 Å². The van der Waals surface area contributed by atoms with Crippen LogP contribution in [0.2, 0.25) is 0 Å². The van der Waals surface area contributed by atoms with Gasteiger partial charge in [0.2, 0.25) is 0 Å². The molecule has 0 saturated carbocycles. The van der Waals surface area contributed by atoms with Gasteiger partial charge in [-0.1, -0.05) is 6.07 Å².